The molecular formula is C9H9Cl2NOS. The van der Waals surface area contributed by atoms with Crippen LogP contribution in [0.25, 0.3) is 0 Å². The average Bonchev–Trinajstić information content (AvgIpc) is 2.21. The van der Waals surface area contributed by atoms with Crippen molar-refractivity contribution in [3.63, 3.8) is 0 Å². The summed E-state index contributed by atoms with van der Waals surface area (Å²) in [5.41, 5.74) is 0.704. The van der Waals surface area contributed by atoms with E-state index in [0.29, 0.717) is 26.3 Å². The fourth-order valence-corrected chi connectivity index (χ4v) is 1.72. The molecule has 0 saturated heterocycles. The Morgan fingerprint density at radius 2 is 2.00 bits per heavy atom. The zero-order valence-electron chi connectivity index (χ0n) is 7.73. The van der Waals surface area contributed by atoms with Crippen molar-refractivity contribution >= 4 is 40.4 Å². The highest BCUT2D eigenvalue weighted by Crippen LogP contribution is 2.34. The molecule has 0 bridgehead atoms. The molecule has 1 N–H and O–H groups in total. The molecule has 0 aromatic heterocycles. The second kappa shape index (κ2) is 4.82. The molecule has 0 aliphatic heterocycles. The average molecular weight is 250 g/mol. The molecule has 0 atom stereocenters. The molecule has 76 valence electrons. The molecule has 0 saturated carbocycles. The molecule has 5 heteroatoms. The minimum atomic E-state index is 0.379. The molecule has 14 heavy (non-hydrogen) atoms. The molecule has 0 amide bonds. The first-order valence-electron chi connectivity index (χ1n) is 3.86. The summed E-state index contributed by atoms with van der Waals surface area (Å²) in [5.74, 6) is 0.541. The maximum Gasteiger partial charge on any atom is 0.139 e. The number of halogens is 2. The van der Waals surface area contributed by atoms with Gasteiger partial charge in [0.1, 0.15) is 15.8 Å². The Morgan fingerprint density at radius 1 is 1.36 bits per heavy atom. The Morgan fingerprint density at radius 3 is 2.50 bits per heavy atom. The Labute approximate surface area is 98.2 Å². The summed E-state index contributed by atoms with van der Waals surface area (Å²) in [6, 6.07) is 3.50. The van der Waals surface area contributed by atoms with Crippen LogP contribution >= 0.6 is 35.4 Å². The third-order valence-corrected chi connectivity index (χ3v) is 3.03. The fraction of sp³-hybridized carbons (Fsp3) is 0.222. The lowest BCUT2D eigenvalue weighted by Crippen LogP contribution is -2.16. The first-order chi connectivity index (χ1) is 6.61. The number of thiocarbonyl (C=S) groups is 1. The van der Waals surface area contributed by atoms with Crippen molar-refractivity contribution < 1.29 is 4.74 Å². The normalized spacial score (nSPS) is 9.71. The van der Waals surface area contributed by atoms with Crippen LogP contribution in [-0.4, -0.2) is 19.1 Å². The van der Waals surface area contributed by atoms with E-state index in [1.165, 1.54) is 7.11 Å². The lowest BCUT2D eigenvalue weighted by atomic mass is 10.2. The monoisotopic (exact) mass is 249 g/mol. The zero-order chi connectivity index (χ0) is 10.7. The Bertz CT molecular complexity index is 368. The minimum absolute atomic E-state index is 0.379. The Hall–Kier alpha value is -0.510. The van der Waals surface area contributed by atoms with Gasteiger partial charge in [0.25, 0.3) is 0 Å². The molecule has 0 unspecified atom stereocenters. The fourth-order valence-electron chi connectivity index (χ4n) is 0.999. The van der Waals surface area contributed by atoms with Crippen LogP contribution in [0, 0.1) is 0 Å². The summed E-state index contributed by atoms with van der Waals surface area (Å²) in [6.45, 7) is 0. The van der Waals surface area contributed by atoms with E-state index < -0.39 is 0 Å². The van der Waals surface area contributed by atoms with Gasteiger partial charge in [-0.2, -0.15) is 0 Å². The van der Waals surface area contributed by atoms with Gasteiger partial charge in [0.2, 0.25) is 0 Å². The summed E-state index contributed by atoms with van der Waals surface area (Å²) in [5, 5.41) is 3.62. The van der Waals surface area contributed by atoms with Crippen molar-refractivity contribution in [3.8, 4) is 5.75 Å². The van der Waals surface area contributed by atoms with Crippen molar-refractivity contribution in [1.82, 2.24) is 5.32 Å². The van der Waals surface area contributed by atoms with Gasteiger partial charge >= 0.3 is 0 Å². The SMILES string of the molecule is CNC(=S)c1ccc(OC)c(Cl)c1Cl. The van der Waals surface area contributed by atoms with Crippen LogP contribution in [0.5, 0.6) is 5.75 Å². The van der Waals surface area contributed by atoms with Gasteiger partial charge in [0, 0.05) is 12.6 Å². The quantitative estimate of drug-likeness (QED) is 0.815. The van der Waals surface area contributed by atoms with Gasteiger partial charge in [-0.25, -0.2) is 0 Å². The van der Waals surface area contributed by atoms with E-state index >= 15 is 0 Å². The maximum atomic E-state index is 6.01. The predicted molar refractivity (Wildman–Crippen MR) is 63.8 cm³/mol. The summed E-state index contributed by atoms with van der Waals surface area (Å²) < 4.78 is 5.01. The number of nitrogens with one attached hydrogen (secondary N) is 1. The second-order valence-corrected chi connectivity index (χ2v) is 3.69. The zero-order valence-corrected chi connectivity index (χ0v) is 10.1. The highest BCUT2D eigenvalue weighted by molar-refractivity contribution is 7.80. The lowest BCUT2D eigenvalue weighted by molar-refractivity contribution is 0.415. The summed E-state index contributed by atoms with van der Waals surface area (Å²) >= 11 is 17.0. The summed E-state index contributed by atoms with van der Waals surface area (Å²) in [7, 11) is 3.27. The van der Waals surface area contributed by atoms with Gasteiger partial charge in [-0.3, -0.25) is 0 Å². The van der Waals surface area contributed by atoms with E-state index in [1.54, 1.807) is 19.2 Å². The minimum Gasteiger partial charge on any atom is -0.495 e. The molecule has 2 nitrogen and oxygen atoms in total. The van der Waals surface area contributed by atoms with Gasteiger partial charge in [-0.1, -0.05) is 35.4 Å². The Kier molecular flexibility index (Phi) is 3.98. The third kappa shape index (κ3) is 2.11. The van der Waals surface area contributed by atoms with Gasteiger partial charge in [0.05, 0.1) is 12.1 Å². The standard InChI is InChI=1S/C9H9Cl2NOS/c1-12-9(14)5-3-4-6(13-2)8(11)7(5)10/h3-4H,1-2H3,(H,12,14). The van der Waals surface area contributed by atoms with Crippen molar-refractivity contribution in [2.24, 2.45) is 0 Å². The second-order valence-electron chi connectivity index (χ2n) is 2.52. The molecule has 1 aromatic carbocycles. The van der Waals surface area contributed by atoms with E-state index in [4.69, 9.17) is 40.2 Å². The molecule has 0 radical (unpaired) electrons. The highest BCUT2D eigenvalue weighted by Gasteiger charge is 2.12. The topological polar surface area (TPSA) is 21.3 Å². The van der Waals surface area contributed by atoms with Crippen molar-refractivity contribution in [3.05, 3.63) is 27.7 Å². The largest absolute Gasteiger partial charge is 0.495 e. The molecule has 0 aliphatic carbocycles. The number of methoxy groups -OCH3 is 1. The highest BCUT2D eigenvalue weighted by atomic mass is 35.5. The van der Waals surface area contributed by atoms with E-state index in [0.717, 1.165) is 0 Å². The van der Waals surface area contributed by atoms with Crippen molar-refractivity contribution in [2.45, 2.75) is 0 Å². The molecule has 0 fully saturated rings. The number of ether oxygens (including phenoxy) is 1. The van der Waals surface area contributed by atoms with Crippen LogP contribution in [-0.2, 0) is 0 Å². The van der Waals surface area contributed by atoms with Gasteiger partial charge in [-0.15, -0.1) is 0 Å². The van der Waals surface area contributed by atoms with Crippen LogP contribution in [0.2, 0.25) is 10.0 Å². The van der Waals surface area contributed by atoms with Gasteiger partial charge in [-0.05, 0) is 12.1 Å². The molecule has 0 aliphatic rings. The van der Waals surface area contributed by atoms with Crippen LogP contribution in [0.3, 0.4) is 0 Å². The number of rotatable bonds is 2. The van der Waals surface area contributed by atoms with Crippen molar-refractivity contribution in [1.29, 1.82) is 0 Å². The molecular weight excluding hydrogens is 241 g/mol. The smallest absolute Gasteiger partial charge is 0.139 e. The number of hydrogen-bond donors (Lipinski definition) is 1. The van der Waals surface area contributed by atoms with Gasteiger partial charge < -0.3 is 10.1 Å². The Balaban J connectivity index is 3.24. The van der Waals surface area contributed by atoms with Crippen LogP contribution in [0.1, 0.15) is 5.56 Å². The van der Waals surface area contributed by atoms with Crippen LogP contribution in [0.15, 0.2) is 12.1 Å². The summed E-state index contributed by atoms with van der Waals surface area (Å²) in [4.78, 5) is 0.555. The van der Waals surface area contributed by atoms with E-state index in [9.17, 15) is 0 Å². The molecule has 1 rings (SSSR count). The van der Waals surface area contributed by atoms with Crippen LogP contribution < -0.4 is 10.1 Å². The molecule has 0 heterocycles. The van der Waals surface area contributed by atoms with Crippen LogP contribution in [0.4, 0.5) is 0 Å². The van der Waals surface area contributed by atoms with E-state index in [2.05, 4.69) is 5.32 Å². The number of hydrogen-bond acceptors (Lipinski definition) is 2. The molecule has 0 spiro atoms. The van der Waals surface area contributed by atoms with E-state index in [-0.39, 0.29) is 0 Å². The van der Waals surface area contributed by atoms with Crippen molar-refractivity contribution in [2.75, 3.05) is 14.2 Å². The molecule has 1 aromatic rings. The first-order valence-corrected chi connectivity index (χ1v) is 5.02. The summed E-state index contributed by atoms with van der Waals surface area (Å²) in [6.07, 6.45) is 0. The lowest BCUT2D eigenvalue weighted by Gasteiger charge is -2.09. The predicted octanol–water partition coefficient (Wildman–Crippen LogP) is 2.90. The van der Waals surface area contributed by atoms with E-state index in [1.807, 2.05) is 0 Å². The maximum absolute atomic E-state index is 6.01. The first kappa shape index (κ1) is 11.6. The van der Waals surface area contributed by atoms with Gasteiger partial charge in [0.15, 0.2) is 0 Å². The number of benzene rings is 1. The third-order valence-electron chi connectivity index (χ3n) is 1.74.